The minimum atomic E-state index is -2.72. The molecule has 0 amide bonds. The summed E-state index contributed by atoms with van der Waals surface area (Å²) in [5.74, 6) is 1.36. The molecular weight excluding hydrogens is 479 g/mol. The fraction of sp³-hybridized carbons (Fsp3) is 0.400. The molecule has 3 nitrogen and oxygen atoms in total. The molecule has 0 spiro atoms. The second-order valence-electron chi connectivity index (χ2n) is 8.20. The van der Waals surface area contributed by atoms with Crippen molar-refractivity contribution in [1.82, 2.24) is 0 Å². The van der Waals surface area contributed by atoms with Gasteiger partial charge in [-0.15, -0.1) is 0 Å². The quantitative estimate of drug-likeness (QED) is 0.282. The first-order chi connectivity index (χ1) is 12.4. The molecule has 2 rings (SSSR count). The van der Waals surface area contributed by atoms with Gasteiger partial charge in [-0.25, -0.2) is 0 Å². The molecule has 2 aromatic rings. The molecule has 0 unspecified atom stereocenters. The molecule has 27 heavy (non-hydrogen) atoms. The van der Waals surface area contributed by atoms with Gasteiger partial charge in [0, 0.05) is 0 Å². The van der Waals surface area contributed by atoms with Crippen molar-refractivity contribution in [3.05, 3.63) is 59.7 Å². The van der Waals surface area contributed by atoms with Crippen molar-refractivity contribution in [3.63, 3.8) is 0 Å². The summed E-state index contributed by atoms with van der Waals surface area (Å²) in [6, 6.07) is 15.9. The van der Waals surface area contributed by atoms with Gasteiger partial charge in [0.05, 0.1) is 0 Å². The predicted molar refractivity (Wildman–Crippen MR) is 115 cm³/mol. The Bertz CT molecular complexity index is 715. The molecule has 0 atom stereocenters. The van der Waals surface area contributed by atoms with E-state index >= 15 is 0 Å². The van der Waals surface area contributed by atoms with Crippen LogP contribution in [0.15, 0.2) is 48.5 Å². The van der Waals surface area contributed by atoms with Crippen molar-refractivity contribution < 1.29 is 32.2 Å². The van der Waals surface area contributed by atoms with Gasteiger partial charge < -0.3 is 9.05 Å². The van der Waals surface area contributed by atoms with Crippen molar-refractivity contribution >= 4 is 29.7 Å². The van der Waals surface area contributed by atoms with Gasteiger partial charge in [0.1, 0.15) is 11.5 Å². The number of thiol groups is 1. The normalized spacial score (nSPS) is 12.0. The third-order valence-corrected chi connectivity index (χ3v) is 5.70. The van der Waals surface area contributed by atoms with Gasteiger partial charge in [0.2, 0.25) is 0 Å². The van der Waals surface area contributed by atoms with Crippen LogP contribution in [0, 0.1) is 0 Å². The number of rotatable bonds is 4. The van der Waals surface area contributed by atoms with Crippen LogP contribution in [0.3, 0.4) is 0 Å². The molecule has 0 radical (unpaired) electrons. The molecule has 0 fully saturated rings. The predicted octanol–water partition coefficient (Wildman–Crippen LogP) is 6.77. The van der Waals surface area contributed by atoms with Gasteiger partial charge in [-0.3, -0.25) is 0 Å². The van der Waals surface area contributed by atoms with Crippen LogP contribution in [0.25, 0.3) is 0 Å². The molecule has 148 valence electrons. The van der Waals surface area contributed by atoms with Crippen molar-refractivity contribution in [2.24, 2.45) is 0 Å². The molecule has 0 aromatic heterocycles. The molecule has 0 saturated heterocycles. The third-order valence-electron chi connectivity index (χ3n) is 3.88. The van der Waals surface area contributed by atoms with Crippen LogP contribution in [0.4, 0.5) is 0 Å². The van der Waals surface area contributed by atoms with Crippen LogP contribution in [0.2, 0.25) is 0 Å². The second-order valence-corrected chi connectivity index (χ2v) is 13.3. The van der Waals surface area contributed by atoms with Crippen LogP contribution < -0.4 is 9.05 Å². The number of hydrogen-bond acceptors (Lipinski definition) is 4. The van der Waals surface area contributed by atoms with Crippen LogP contribution in [-0.2, 0) is 45.8 Å². The molecule has 0 bridgehead atoms. The zero-order valence-corrected chi connectivity index (χ0v) is 21.2. The standard InChI is InChI=1S/C20H27O2PS2.Mo.O/c1-19(2,3)15-7-11-17(12-8-15)21-23(24,25)22-18-13-9-16(10-14-18)20(4,5)6;;/h7-14H,1-6H3,(H,24,25);;. The summed E-state index contributed by atoms with van der Waals surface area (Å²) in [5, 5.41) is 0. The van der Waals surface area contributed by atoms with E-state index in [1.54, 1.807) is 0 Å². The van der Waals surface area contributed by atoms with E-state index in [9.17, 15) is 0 Å². The van der Waals surface area contributed by atoms with E-state index < -0.39 is 5.69 Å². The van der Waals surface area contributed by atoms with Crippen LogP contribution in [-0.4, -0.2) is 0 Å². The minimum absolute atomic E-state index is 0.102. The van der Waals surface area contributed by atoms with Gasteiger partial charge in [-0.2, -0.15) is 0 Å². The SMILES string of the molecule is CC(C)(C)c1ccc(OP(=S)(S)Oc2ccc(C(C)(C)C)cc2)cc1.[O]=[Mo]. The Morgan fingerprint density at radius 1 is 0.741 bits per heavy atom. The van der Waals surface area contributed by atoms with E-state index in [0.717, 1.165) is 0 Å². The molecule has 2 aromatic carbocycles. The van der Waals surface area contributed by atoms with E-state index in [0.29, 0.717) is 31.3 Å². The first kappa shape index (κ1) is 24.6. The van der Waals surface area contributed by atoms with Crippen molar-refractivity contribution in [1.29, 1.82) is 0 Å². The van der Waals surface area contributed by atoms with E-state index in [4.69, 9.17) is 24.3 Å². The summed E-state index contributed by atoms with van der Waals surface area (Å²) >= 11 is 10.6. The molecule has 0 aliphatic rings. The summed E-state index contributed by atoms with van der Waals surface area (Å²) < 4.78 is 19.9. The van der Waals surface area contributed by atoms with Crippen molar-refractivity contribution in [2.45, 2.75) is 52.4 Å². The van der Waals surface area contributed by atoms with E-state index in [2.05, 4.69) is 78.1 Å². The number of benzene rings is 2. The van der Waals surface area contributed by atoms with E-state index in [-0.39, 0.29) is 10.8 Å². The first-order valence-electron chi connectivity index (χ1n) is 8.47. The average molecular weight is 506 g/mol. The van der Waals surface area contributed by atoms with Crippen LogP contribution >= 0.6 is 17.9 Å². The fourth-order valence-electron chi connectivity index (χ4n) is 2.32. The van der Waals surface area contributed by atoms with Gasteiger partial charge in [0.15, 0.2) is 0 Å². The average Bonchev–Trinajstić information content (AvgIpc) is 2.55. The van der Waals surface area contributed by atoms with E-state index in [1.165, 1.54) is 11.1 Å². The molecule has 0 aliphatic carbocycles. The Balaban J connectivity index is 0.00000176. The Kier molecular flexibility index (Phi) is 8.94. The van der Waals surface area contributed by atoms with Gasteiger partial charge in [-0.1, -0.05) is 78.1 Å². The fourth-order valence-corrected chi connectivity index (χ4v) is 4.21. The molecule has 0 N–H and O–H groups in total. The van der Waals surface area contributed by atoms with Gasteiger partial charge in [0.25, 0.3) is 0 Å². The molecule has 7 heteroatoms. The summed E-state index contributed by atoms with van der Waals surface area (Å²) in [6.07, 6.45) is 0. The zero-order chi connectivity index (χ0) is 20.9. The van der Waals surface area contributed by atoms with Crippen molar-refractivity contribution in [2.75, 3.05) is 0 Å². The topological polar surface area (TPSA) is 35.5 Å². The molecule has 0 saturated carbocycles. The Hall–Kier alpha value is -0.472. The Labute approximate surface area is 184 Å². The van der Waals surface area contributed by atoms with Crippen LogP contribution in [0.1, 0.15) is 52.7 Å². The summed E-state index contributed by atoms with van der Waals surface area (Å²) in [6.45, 7) is 13.1. The summed E-state index contributed by atoms with van der Waals surface area (Å²) in [4.78, 5) is 0. The monoisotopic (exact) mass is 508 g/mol. The first-order valence-corrected chi connectivity index (χ1v) is 13.1. The summed E-state index contributed by atoms with van der Waals surface area (Å²) in [5.41, 5.74) is -0.0325. The Morgan fingerprint density at radius 3 is 1.22 bits per heavy atom. The maximum atomic E-state index is 8.26. The summed E-state index contributed by atoms with van der Waals surface area (Å²) in [7, 11) is 0. The zero-order valence-electron chi connectivity index (χ0n) is 16.6. The van der Waals surface area contributed by atoms with Crippen LogP contribution in [0.5, 0.6) is 11.5 Å². The van der Waals surface area contributed by atoms with Gasteiger partial charge in [-0.05, 0) is 58.0 Å². The maximum absolute atomic E-state index is 8.26. The molecule has 0 heterocycles. The molecule has 0 aliphatic heterocycles. The molecular formula is C20H27MoO3PS2. The Morgan fingerprint density at radius 2 is 1.00 bits per heavy atom. The third kappa shape index (κ3) is 8.19. The van der Waals surface area contributed by atoms with Crippen molar-refractivity contribution in [3.8, 4) is 11.5 Å². The van der Waals surface area contributed by atoms with E-state index in [1.807, 2.05) is 24.3 Å². The number of hydrogen-bond donors (Lipinski definition) is 1. The van der Waals surface area contributed by atoms with Gasteiger partial charge >= 0.3 is 28.9 Å². The second kappa shape index (κ2) is 9.83.